The zero-order chi connectivity index (χ0) is 16.5. The van der Waals surface area contributed by atoms with Crippen molar-refractivity contribution in [2.24, 2.45) is 0 Å². The van der Waals surface area contributed by atoms with Crippen LogP contribution in [0.2, 0.25) is 0 Å². The lowest BCUT2D eigenvalue weighted by molar-refractivity contribution is 0.0785. The molecule has 0 fully saturated rings. The normalized spacial score (nSPS) is 11.2. The quantitative estimate of drug-likeness (QED) is 0.624. The number of fused-ring (bicyclic) bond motifs is 2. The van der Waals surface area contributed by atoms with Crippen molar-refractivity contribution in [2.45, 2.75) is 6.54 Å². The number of H-pyrrole nitrogens is 1. The second-order valence-electron chi connectivity index (χ2n) is 5.66. The molecule has 1 N–H and O–H groups in total. The number of imidazole rings is 1. The van der Waals surface area contributed by atoms with Gasteiger partial charge in [-0.3, -0.25) is 9.89 Å². The van der Waals surface area contributed by atoms with Gasteiger partial charge in [-0.05, 0) is 24.3 Å². The van der Waals surface area contributed by atoms with Gasteiger partial charge in [-0.25, -0.2) is 9.97 Å². The summed E-state index contributed by atoms with van der Waals surface area (Å²) in [4.78, 5) is 22.9. The molecule has 3 heterocycles. The van der Waals surface area contributed by atoms with E-state index in [9.17, 15) is 4.79 Å². The van der Waals surface area contributed by atoms with Crippen LogP contribution < -0.4 is 0 Å². The summed E-state index contributed by atoms with van der Waals surface area (Å²) in [5.74, 6) is -0.115. The first-order chi connectivity index (χ1) is 11.7. The highest BCUT2D eigenvalue weighted by atomic mass is 16.2. The molecule has 0 bridgehead atoms. The summed E-state index contributed by atoms with van der Waals surface area (Å²) in [5.41, 5.74) is 3.05. The van der Waals surface area contributed by atoms with Gasteiger partial charge in [-0.15, -0.1) is 0 Å². The molecule has 7 heteroatoms. The van der Waals surface area contributed by atoms with Gasteiger partial charge in [-0.2, -0.15) is 5.10 Å². The van der Waals surface area contributed by atoms with Crippen LogP contribution >= 0.6 is 0 Å². The van der Waals surface area contributed by atoms with Crippen molar-refractivity contribution >= 4 is 28.0 Å². The molecule has 7 nitrogen and oxygen atoms in total. The lowest BCUT2D eigenvalue weighted by Gasteiger charge is -2.17. The number of carbonyl (C=O) groups excluding carboxylic acids is 1. The number of nitrogens with one attached hydrogen (secondary N) is 1. The number of para-hydroxylation sites is 2. The second-order valence-corrected chi connectivity index (χ2v) is 5.66. The predicted octanol–water partition coefficient (Wildman–Crippen LogP) is 2.08. The summed E-state index contributed by atoms with van der Waals surface area (Å²) in [6.45, 7) is 1.25. The number of amides is 1. The van der Waals surface area contributed by atoms with Gasteiger partial charge in [0.25, 0.3) is 5.91 Å². The maximum Gasteiger partial charge on any atom is 0.272 e. The molecule has 0 aliphatic heterocycles. The third kappa shape index (κ3) is 2.50. The molecule has 4 aromatic rings. The first-order valence-electron chi connectivity index (χ1n) is 7.68. The Bertz CT molecular complexity index is 1020. The lowest BCUT2D eigenvalue weighted by Crippen LogP contribution is -2.30. The SMILES string of the molecule is CN(CCn1cnc2ccccc21)C(=O)c1ccc2cn[nH]c2n1. The minimum Gasteiger partial charge on any atom is -0.339 e. The van der Waals surface area contributed by atoms with Crippen LogP contribution in [0.4, 0.5) is 0 Å². The van der Waals surface area contributed by atoms with Crippen molar-refractivity contribution in [3.8, 4) is 0 Å². The van der Waals surface area contributed by atoms with Gasteiger partial charge < -0.3 is 9.47 Å². The molecule has 1 amide bonds. The maximum absolute atomic E-state index is 12.5. The number of nitrogens with zero attached hydrogens (tertiary/aromatic N) is 5. The molecule has 24 heavy (non-hydrogen) atoms. The molecule has 0 saturated heterocycles. The maximum atomic E-state index is 12.5. The lowest BCUT2D eigenvalue weighted by atomic mass is 10.2. The van der Waals surface area contributed by atoms with E-state index in [-0.39, 0.29) is 5.91 Å². The molecule has 0 aliphatic carbocycles. The first kappa shape index (κ1) is 14.4. The number of benzene rings is 1. The van der Waals surface area contributed by atoms with E-state index in [1.54, 1.807) is 30.5 Å². The molecule has 0 unspecified atom stereocenters. The number of hydrogen-bond acceptors (Lipinski definition) is 4. The Hall–Kier alpha value is -3.22. The van der Waals surface area contributed by atoms with E-state index >= 15 is 0 Å². The average Bonchev–Trinajstić information content (AvgIpc) is 3.25. The van der Waals surface area contributed by atoms with Crippen LogP contribution in [0.25, 0.3) is 22.1 Å². The van der Waals surface area contributed by atoms with Crippen LogP contribution in [-0.4, -0.2) is 49.1 Å². The van der Waals surface area contributed by atoms with Crippen molar-refractivity contribution in [1.82, 2.24) is 29.6 Å². The minimum atomic E-state index is -0.115. The molecule has 0 radical (unpaired) electrons. The van der Waals surface area contributed by atoms with Crippen molar-refractivity contribution in [1.29, 1.82) is 0 Å². The molecule has 0 aliphatic rings. The van der Waals surface area contributed by atoms with Gasteiger partial charge in [0.15, 0.2) is 5.65 Å². The van der Waals surface area contributed by atoms with E-state index in [0.29, 0.717) is 24.4 Å². The Kier molecular flexibility index (Phi) is 3.45. The standard InChI is InChI=1S/C17H16N6O/c1-22(8-9-23-11-18-13-4-2-3-5-15(13)23)17(24)14-7-6-12-10-19-21-16(12)20-14/h2-7,10-11H,8-9H2,1H3,(H,19,20,21). The van der Waals surface area contributed by atoms with Crippen LogP contribution in [0, 0.1) is 0 Å². The topological polar surface area (TPSA) is 79.7 Å². The summed E-state index contributed by atoms with van der Waals surface area (Å²) in [7, 11) is 1.78. The van der Waals surface area contributed by atoms with Crippen molar-refractivity contribution in [3.63, 3.8) is 0 Å². The third-order valence-corrected chi connectivity index (χ3v) is 4.07. The smallest absolute Gasteiger partial charge is 0.272 e. The Balaban J connectivity index is 1.49. The van der Waals surface area contributed by atoms with E-state index in [1.165, 1.54) is 0 Å². The summed E-state index contributed by atoms with van der Waals surface area (Å²) in [5, 5.41) is 7.60. The highest BCUT2D eigenvalue weighted by molar-refractivity contribution is 5.94. The molecule has 120 valence electrons. The molecule has 0 saturated carbocycles. The fourth-order valence-electron chi connectivity index (χ4n) is 2.69. The summed E-state index contributed by atoms with van der Waals surface area (Å²) < 4.78 is 2.05. The number of rotatable bonds is 4. The van der Waals surface area contributed by atoms with Crippen LogP contribution in [-0.2, 0) is 6.54 Å². The van der Waals surface area contributed by atoms with Crippen LogP contribution in [0.1, 0.15) is 10.5 Å². The number of aromatic nitrogens is 5. The molecule has 3 aromatic heterocycles. The monoisotopic (exact) mass is 320 g/mol. The Morgan fingerprint density at radius 3 is 3.04 bits per heavy atom. The van der Waals surface area contributed by atoms with E-state index in [0.717, 1.165) is 16.4 Å². The van der Waals surface area contributed by atoms with Gasteiger partial charge in [0.2, 0.25) is 0 Å². The second kappa shape index (κ2) is 5.77. The van der Waals surface area contributed by atoms with Crippen LogP contribution in [0.5, 0.6) is 0 Å². The minimum absolute atomic E-state index is 0.115. The number of hydrogen-bond donors (Lipinski definition) is 1. The highest BCUT2D eigenvalue weighted by Gasteiger charge is 2.14. The first-order valence-corrected chi connectivity index (χ1v) is 7.68. The number of pyridine rings is 1. The number of carbonyl (C=O) groups is 1. The molecule has 1 aromatic carbocycles. The van der Waals surface area contributed by atoms with Crippen molar-refractivity contribution in [3.05, 3.63) is 54.6 Å². The molecular weight excluding hydrogens is 304 g/mol. The summed E-state index contributed by atoms with van der Waals surface area (Å²) in [6, 6.07) is 11.5. The Morgan fingerprint density at radius 2 is 2.12 bits per heavy atom. The highest BCUT2D eigenvalue weighted by Crippen LogP contribution is 2.13. The van der Waals surface area contributed by atoms with E-state index in [1.807, 2.05) is 34.9 Å². The summed E-state index contributed by atoms with van der Waals surface area (Å²) in [6.07, 6.45) is 3.49. The Morgan fingerprint density at radius 1 is 1.25 bits per heavy atom. The van der Waals surface area contributed by atoms with Gasteiger partial charge >= 0.3 is 0 Å². The Labute approximate surface area is 137 Å². The fraction of sp³-hybridized carbons (Fsp3) is 0.176. The van der Waals surface area contributed by atoms with Gasteiger partial charge in [0, 0.05) is 25.5 Å². The van der Waals surface area contributed by atoms with Gasteiger partial charge in [-0.1, -0.05) is 12.1 Å². The van der Waals surface area contributed by atoms with E-state index in [4.69, 9.17) is 0 Å². The van der Waals surface area contributed by atoms with E-state index < -0.39 is 0 Å². The third-order valence-electron chi connectivity index (χ3n) is 4.07. The largest absolute Gasteiger partial charge is 0.339 e. The van der Waals surface area contributed by atoms with Crippen LogP contribution in [0.3, 0.4) is 0 Å². The van der Waals surface area contributed by atoms with Gasteiger partial charge in [0.1, 0.15) is 5.69 Å². The molecular formula is C17H16N6O. The van der Waals surface area contributed by atoms with Crippen molar-refractivity contribution in [2.75, 3.05) is 13.6 Å². The number of aromatic amines is 1. The average molecular weight is 320 g/mol. The molecule has 0 spiro atoms. The van der Waals surface area contributed by atoms with E-state index in [2.05, 4.69) is 20.2 Å². The van der Waals surface area contributed by atoms with Crippen molar-refractivity contribution < 1.29 is 4.79 Å². The molecule has 4 rings (SSSR count). The zero-order valence-electron chi connectivity index (χ0n) is 13.2. The fourth-order valence-corrected chi connectivity index (χ4v) is 2.69. The zero-order valence-corrected chi connectivity index (χ0v) is 13.2. The summed E-state index contributed by atoms with van der Waals surface area (Å²) >= 11 is 0. The molecule has 0 atom stereocenters. The van der Waals surface area contributed by atoms with Gasteiger partial charge in [0.05, 0.1) is 23.6 Å². The number of likely N-dealkylation sites (N-methyl/N-ethyl adjacent to an activating group) is 1. The van der Waals surface area contributed by atoms with Crippen LogP contribution in [0.15, 0.2) is 48.9 Å². The predicted molar refractivity (Wildman–Crippen MR) is 90.6 cm³/mol.